The number of aryl methyl sites for hydroxylation is 1. The van der Waals surface area contributed by atoms with E-state index in [9.17, 15) is 0 Å². The van der Waals surface area contributed by atoms with Gasteiger partial charge in [-0.3, -0.25) is 4.90 Å². The molecule has 3 nitrogen and oxygen atoms in total. The smallest absolute Gasteiger partial charge is 0.124 e. The average molecular weight is 285 g/mol. The number of aromatic amines is 1. The van der Waals surface area contributed by atoms with Gasteiger partial charge in [-0.15, -0.1) is 0 Å². The molecule has 2 aromatic rings. The van der Waals surface area contributed by atoms with E-state index >= 15 is 0 Å². The first-order chi connectivity index (χ1) is 10.2. The molecule has 0 saturated carbocycles. The van der Waals surface area contributed by atoms with Crippen molar-refractivity contribution in [1.29, 1.82) is 0 Å². The fourth-order valence-corrected chi connectivity index (χ4v) is 3.62. The maximum absolute atomic E-state index is 4.87. The van der Waals surface area contributed by atoms with Crippen LogP contribution < -0.4 is 0 Å². The number of nitrogens with one attached hydrogen (secondary N) is 1. The molecule has 0 spiro atoms. The second kappa shape index (κ2) is 6.18. The first kappa shape index (κ1) is 14.6. The number of H-pyrrole nitrogens is 1. The fourth-order valence-electron chi connectivity index (χ4n) is 3.62. The maximum Gasteiger partial charge on any atom is 0.124 e. The molecule has 2 heterocycles. The van der Waals surface area contributed by atoms with Gasteiger partial charge in [0.1, 0.15) is 5.82 Å². The predicted octanol–water partition coefficient (Wildman–Crippen LogP) is 4.45. The van der Waals surface area contributed by atoms with Crippen molar-refractivity contribution in [3.8, 4) is 0 Å². The van der Waals surface area contributed by atoms with Gasteiger partial charge in [-0.1, -0.05) is 26.3 Å². The van der Waals surface area contributed by atoms with Crippen LogP contribution in [-0.4, -0.2) is 27.5 Å². The van der Waals surface area contributed by atoms with Crippen molar-refractivity contribution < 1.29 is 0 Å². The van der Waals surface area contributed by atoms with E-state index in [0.717, 1.165) is 24.2 Å². The van der Waals surface area contributed by atoms with Crippen LogP contribution in [0.5, 0.6) is 0 Å². The molecule has 2 unspecified atom stereocenters. The third-order valence-corrected chi connectivity index (χ3v) is 4.93. The number of hydrogen-bond acceptors (Lipinski definition) is 2. The van der Waals surface area contributed by atoms with E-state index < -0.39 is 0 Å². The highest BCUT2D eigenvalue weighted by atomic mass is 15.2. The summed E-state index contributed by atoms with van der Waals surface area (Å²) in [5.41, 5.74) is 3.66. The lowest BCUT2D eigenvalue weighted by Crippen LogP contribution is -2.40. The Kier molecular flexibility index (Phi) is 4.29. The molecule has 1 fully saturated rings. The molecule has 0 amide bonds. The van der Waals surface area contributed by atoms with Gasteiger partial charge < -0.3 is 4.98 Å². The van der Waals surface area contributed by atoms with Crippen LogP contribution >= 0.6 is 0 Å². The normalized spacial score (nSPS) is 21.8. The van der Waals surface area contributed by atoms with Crippen molar-refractivity contribution in [1.82, 2.24) is 14.9 Å². The van der Waals surface area contributed by atoms with Gasteiger partial charge in [0.2, 0.25) is 0 Å². The lowest BCUT2D eigenvalue weighted by atomic mass is 10.00. The van der Waals surface area contributed by atoms with Gasteiger partial charge in [-0.05, 0) is 56.8 Å². The minimum absolute atomic E-state index is 0.428. The van der Waals surface area contributed by atoms with Crippen LogP contribution in [0.2, 0.25) is 0 Å². The molecule has 1 aliphatic rings. The molecule has 1 saturated heterocycles. The Balaban J connectivity index is 1.92. The van der Waals surface area contributed by atoms with Gasteiger partial charge in [0, 0.05) is 6.04 Å². The molecule has 3 heteroatoms. The largest absolute Gasteiger partial charge is 0.341 e. The quantitative estimate of drug-likeness (QED) is 0.900. The molecule has 1 aromatic carbocycles. The zero-order chi connectivity index (χ0) is 14.8. The van der Waals surface area contributed by atoms with Gasteiger partial charge >= 0.3 is 0 Å². The Hall–Kier alpha value is -1.35. The number of benzene rings is 1. The van der Waals surface area contributed by atoms with E-state index in [2.05, 4.69) is 48.9 Å². The molecular formula is C18H27N3. The average Bonchev–Trinajstić information content (AvgIpc) is 2.92. The SMILES string of the molecule is CCc1ccc2nc(C(CC)N3CCCCC3C)[nH]c2c1. The van der Waals surface area contributed by atoms with Crippen molar-refractivity contribution in [2.45, 2.75) is 65.0 Å². The van der Waals surface area contributed by atoms with Crippen molar-refractivity contribution in [3.05, 3.63) is 29.6 Å². The highest BCUT2D eigenvalue weighted by Crippen LogP contribution is 2.30. The van der Waals surface area contributed by atoms with Crippen LogP contribution in [0.3, 0.4) is 0 Å². The molecule has 2 atom stereocenters. The first-order valence-electron chi connectivity index (χ1n) is 8.47. The van der Waals surface area contributed by atoms with Crippen LogP contribution in [0, 0.1) is 0 Å². The second-order valence-corrected chi connectivity index (χ2v) is 6.33. The highest BCUT2D eigenvalue weighted by molar-refractivity contribution is 5.76. The lowest BCUT2D eigenvalue weighted by molar-refractivity contribution is 0.0979. The minimum Gasteiger partial charge on any atom is -0.341 e. The number of piperidine rings is 1. The molecule has 0 radical (unpaired) electrons. The minimum atomic E-state index is 0.428. The summed E-state index contributed by atoms with van der Waals surface area (Å²) in [6.45, 7) is 8.04. The van der Waals surface area contributed by atoms with Crippen LogP contribution in [-0.2, 0) is 6.42 Å². The van der Waals surface area contributed by atoms with Crippen LogP contribution in [0.1, 0.15) is 63.9 Å². The Morgan fingerprint density at radius 3 is 2.90 bits per heavy atom. The third-order valence-electron chi connectivity index (χ3n) is 4.93. The zero-order valence-electron chi connectivity index (χ0n) is 13.5. The van der Waals surface area contributed by atoms with Crippen LogP contribution in [0.15, 0.2) is 18.2 Å². The molecule has 114 valence electrons. The molecule has 1 aromatic heterocycles. The number of imidazole rings is 1. The number of fused-ring (bicyclic) bond motifs is 1. The first-order valence-corrected chi connectivity index (χ1v) is 8.47. The topological polar surface area (TPSA) is 31.9 Å². The zero-order valence-corrected chi connectivity index (χ0v) is 13.5. The van der Waals surface area contributed by atoms with E-state index in [-0.39, 0.29) is 0 Å². The molecule has 0 aliphatic carbocycles. The number of likely N-dealkylation sites (tertiary alicyclic amines) is 1. The van der Waals surface area contributed by atoms with Gasteiger partial charge in [0.25, 0.3) is 0 Å². The standard InChI is InChI=1S/C18H27N3/c1-4-14-9-10-15-16(12-14)20-18(19-15)17(5-2)21-11-7-6-8-13(21)3/h9-10,12-13,17H,4-8,11H2,1-3H3,(H,19,20). The number of aromatic nitrogens is 2. The molecule has 3 rings (SSSR count). The Bertz CT molecular complexity index is 602. The summed E-state index contributed by atoms with van der Waals surface area (Å²) in [5.74, 6) is 1.15. The molecule has 1 N–H and O–H groups in total. The van der Waals surface area contributed by atoms with Gasteiger partial charge in [-0.25, -0.2) is 4.98 Å². The van der Waals surface area contributed by atoms with E-state index in [1.165, 1.54) is 36.9 Å². The lowest BCUT2D eigenvalue weighted by Gasteiger charge is -2.38. The summed E-state index contributed by atoms with van der Waals surface area (Å²) in [6.07, 6.45) is 6.20. The van der Waals surface area contributed by atoms with Crippen molar-refractivity contribution >= 4 is 11.0 Å². The molecule has 0 bridgehead atoms. The Labute approximate surface area is 127 Å². The molecule has 1 aliphatic heterocycles. The molecular weight excluding hydrogens is 258 g/mol. The Morgan fingerprint density at radius 1 is 1.33 bits per heavy atom. The molecule has 21 heavy (non-hydrogen) atoms. The number of hydrogen-bond donors (Lipinski definition) is 1. The Morgan fingerprint density at radius 2 is 2.19 bits per heavy atom. The summed E-state index contributed by atoms with van der Waals surface area (Å²) in [5, 5.41) is 0. The third kappa shape index (κ3) is 2.84. The van der Waals surface area contributed by atoms with Crippen molar-refractivity contribution in [2.75, 3.05) is 6.54 Å². The summed E-state index contributed by atoms with van der Waals surface area (Å²) in [6, 6.07) is 7.69. The highest BCUT2D eigenvalue weighted by Gasteiger charge is 2.27. The number of nitrogens with zero attached hydrogens (tertiary/aromatic N) is 2. The summed E-state index contributed by atoms with van der Waals surface area (Å²) < 4.78 is 0. The van der Waals surface area contributed by atoms with Crippen LogP contribution in [0.25, 0.3) is 11.0 Å². The van der Waals surface area contributed by atoms with Crippen molar-refractivity contribution in [3.63, 3.8) is 0 Å². The van der Waals surface area contributed by atoms with Crippen LogP contribution in [0.4, 0.5) is 0 Å². The van der Waals surface area contributed by atoms with E-state index in [1.54, 1.807) is 0 Å². The summed E-state index contributed by atoms with van der Waals surface area (Å²) >= 11 is 0. The number of rotatable bonds is 4. The van der Waals surface area contributed by atoms with Gasteiger partial charge in [-0.2, -0.15) is 0 Å². The summed E-state index contributed by atoms with van der Waals surface area (Å²) in [4.78, 5) is 11.1. The van der Waals surface area contributed by atoms with Gasteiger partial charge in [0.15, 0.2) is 0 Å². The summed E-state index contributed by atoms with van der Waals surface area (Å²) in [7, 11) is 0. The predicted molar refractivity (Wildman–Crippen MR) is 88.5 cm³/mol. The van der Waals surface area contributed by atoms with Gasteiger partial charge in [0.05, 0.1) is 17.1 Å². The van der Waals surface area contributed by atoms with E-state index in [1.807, 2.05) is 0 Å². The van der Waals surface area contributed by atoms with E-state index in [0.29, 0.717) is 12.1 Å². The fraction of sp³-hybridized carbons (Fsp3) is 0.611. The maximum atomic E-state index is 4.87. The monoisotopic (exact) mass is 285 g/mol. The van der Waals surface area contributed by atoms with E-state index in [4.69, 9.17) is 4.98 Å². The second-order valence-electron chi connectivity index (χ2n) is 6.33. The van der Waals surface area contributed by atoms with Crippen molar-refractivity contribution in [2.24, 2.45) is 0 Å².